The van der Waals surface area contributed by atoms with E-state index in [0.717, 1.165) is 25.0 Å². The van der Waals surface area contributed by atoms with Gasteiger partial charge in [0.05, 0.1) is 20.8 Å². The van der Waals surface area contributed by atoms with E-state index in [-0.39, 0.29) is 33.0 Å². The number of nitrogens with zero attached hydrogens (tertiary/aromatic N) is 1. The van der Waals surface area contributed by atoms with E-state index in [1.807, 2.05) is 0 Å². The Bertz CT molecular complexity index is 1470. The van der Waals surface area contributed by atoms with Gasteiger partial charge in [0.2, 0.25) is 0 Å². The number of pyridine rings is 1. The van der Waals surface area contributed by atoms with Crippen LogP contribution >= 0.6 is 11.6 Å². The third-order valence-corrected chi connectivity index (χ3v) is 10.5. The number of nitrogens with one attached hydrogen (secondary N) is 1. The number of sulfone groups is 1. The average Bonchev–Trinajstić information content (AvgIpc) is 3.02. The number of aromatic nitrogens is 1. The molecule has 2 fully saturated rings. The second-order valence-corrected chi connectivity index (χ2v) is 12.6. The highest BCUT2D eigenvalue weighted by atomic mass is 35.5. The quantitative estimate of drug-likeness (QED) is 0.431. The van der Waals surface area contributed by atoms with E-state index < -0.39 is 38.2 Å². The van der Waals surface area contributed by atoms with Gasteiger partial charge in [-0.25, -0.2) is 17.2 Å². The molecule has 2 aliphatic carbocycles. The summed E-state index contributed by atoms with van der Waals surface area (Å²) < 4.78 is 54.7. The predicted molar refractivity (Wildman–Crippen MR) is 136 cm³/mol. The average molecular weight is 547 g/mol. The maximum absolute atomic E-state index is 13.8. The van der Waals surface area contributed by atoms with Crippen molar-refractivity contribution in [3.63, 3.8) is 0 Å². The van der Waals surface area contributed by atoms with E-state index in [2.05, 4.69) is 10.3 Å². The van der Waals surface area contributed by atoms with Gasteiger partial charge in [-0.2, -0.15) is 0 Å². The van der Waals surface area contributed by atoms with Crippen LogP contribution in [0.15, 0.2) is 59.8 Å². The Hall–Kier alpha value is -2.88. The highest BCUT2D eigenvalue weighted by Gasteiger charge is 2.53. The van der Waals surface area contributed by atoms with E-state index in [1.54, 1.807) is 19.1 Å². The molecule has 37 heavy (non-hydrogen) atoms. The van der Waals surface area contributed by atoms with Gasteiger partial charge in [0.15, 0.2) is 21.5 Å². The fourth-order valence-corrected chi connectivity index (χ4v) is 8.13. The van der Waals surface area contributed by atoms with Crippen LogP contribution in [-0.2, 0) is 9.84 Å². The molecule has 1 amide bonds. The molecule has 0 radical (unpaired) electrons. The summed E-state index contributed by atoms with van der Waals surface area (Å²) in [6, 6.07) is 8.91. The third-order valence-electron chi connectivity index (χ3n) is 7.84. The molecule has 194 valence electrons. The number of hydrogen-bond acceptors (Lipinski definition) is 5. The molecular formula is C27H25ClF2N2O4S. The summed E-state index contributed by atoms with van der Waals surface area (Å²) in [7, 11) is -3.95. The Kier molecular flexibility index (Phi) is 6.58. The van der Waals surface area contributed by atoms with E-state index in [0.29, 0.717) is 24.0 Å². The van der Waals surface area contributed by atoms with Crippen molar-refractivity contribution in [2.24, 2.45) is 11.8 Å². The minimum atomic E-state index is -3.95. The maximum Gasteiger partial charge on any atom is 0.256 e. The lowest BCUT2D eigenvalue weighted by molar-refractivity contribution is -0.0413. The normalized spacial score (nSPS) is 25.2. The molecule has 2 N–H and O–H groups in total. The number of carbonyl (C=O) groups is 1. The van der Waals surface area contributed by atoms with Crippen molar-refractivity contribution in [2.75, 3.05) is 5.32 Å². The van der Waals surface area contributed by atoms with Crippen LogP contribution in [0.1, 0.15) is 43.0 Å². The number of carbonyl (C=O) groups excluding carboxylic acids is 1. The lowest BCUT2D eigenvalue weighted by Crippen LogP contribution is -2.45. The maximum atomic E-state index is 13.8. The molecule has 2 aromatic carbocycles. The van der Waals surface area contributed by atoms with E-state index in [1.165, 1.54) is 30.6 Å². The first-order chi connectivity index (χ1) is 17.5. The van der Waals surface area contributed by atoms with Crippen molar-refractivity contribution in [1.29, 1.82) is 0 Å². The monoisotopic (exact) mass is 546 g/mol. The van der Waals surface area contributed by atoms with E-state index in [9.17, 15) is 27.1 Å². The van der Waals surface area contributed by atoms with Crippen LogP contribution in [0.4, 0.5) is 14.5 Å². The van der Waals surface area contributed by atoms with Crippen molar-refractivity contribution >= 4 is 33.0 Å². The third kappa shape index (κ3) is 4.64. The molecule has 10 heteroatoms. The summed E-state index contributed by atoms with van der Waals surface area (Å²) in [6.07, 6.45) is 5.19. The Morgan fingerprint density at radius 2 is 1.70 bits per heavy atom. The first-order valence-electron chi connectivity index (χ1n) is 11.9. The zero-order valence-corrected chi connectivity index (χ0v) is 21.5. The fourth-order valence-electron chi connectivity index (χ4n) is 5.70. The van der Waals surface area contributed by atoms with Gasteiger partial charge in [0, 0.05) is 29.7 Å². The van der Waals surface area contributed by atoms with Gasteiger partial charge < -0.3 is 10.4 Å². The topological polar surface area (TPSA) is 96.4 Å². The van der Waals surface area contributed by atoms with Crippen LogP contribution in [-0.4, -0.2) is 35.3 Å². The largest absolute Gasteiger partial charge is 0.390 e. The summed E-state index contributed by atoms with van der Waals surface area (Å²) in [5.74, 6) is -3.16. The summed E-state index contributed by atoms with van der Waals surface area (Å²) in [5.41, 5.74) is 0.0528. The molecule has 1 heterocycles. The van der Waals surface area contributed by atoms with Gasteiger partial charge in [-0.3, -0.25) is 9.78 Å². The molecule has 2 saturated carbocycles. The lowest BCUT2D eigenvalue weighted by Gasteiger charge is -2.40. The van der Waals surface area contributed by atoms with E-state index in [4.69, 9.17) is 11.6 Å². The van der Waals surface area contributed by atoms with Crippen molar-refractivity contribution in [3.05, 3.63) is 77.1 Å². The first-order valence-corrected chi connectivity index (χ1v) is 13.9. The lowest BCUT2D eigenvalue weighted by atomic mass is 9.76. The number of hydrogen-bond donors (Lipinski definition) is 2. The van der Waals surface area contributed by atoms with Gasteiger partial charge >= 0.3 is 0 Å². The van der Waals surface area contributed by atoms with Crippen molar-refractivity contribution in [2.45, 2.75) is 48.4 Å². The van der Waals surface area contributed by atoms with Gasteiger partial charge in [-0.05, 0) is 92.0 Å². The number of rotatable bonds is 5. The summed E-state index contributed by atoms with van der Waals surface area (Å²) in [5, 5.41) is 12.6. The summed E-state index contributed by atoms with van der Waals surface area (Å²) in [6.45, 7) is 1.77. The molecule has 0 saturated heterocycles. The van der Waals surface area contributed by atoms with Crippen LogP contribution in [0.5, 0.6) is 0 Å². The Balaban J connectivity index is 1.57. The summed E-state index contributed by atoms with van der Waals surface area (Å²) in [4.78, 5) is 17.2. The van der Waals surface area contributed by atoms with Gasteiger partial charge in [0.1, 0.15) is 0 Å². The molecule has 3 aromatic rings. The number of fused-ring (bicyclic) bond motifs is 2. The molecular weight excluding hydrogens is 522 g/mol. The molecule has 2 bridgehead atoms. The molecule has 2 aliphatic rings. The number of amides is 1. The Morgan fingerprint density at radius 3 is 2.32 bits per heavy atom. The summed E-state index contributed by atoms with van der Waals surface area (Å²) >= 11 is 6.54. The van der Waals surface area contributed by atoms with Crippen LogP contribution in [0.2, 0.25) is 5.02 Å². The van der Waals surface area contributed by atoms with Crippen molar-refractivity contribution < 1.29 is 27.1 Å². The minimum absolute atomic E-state index is 0.00434. The van der Waals surface area contributed by atoms with Crippen molar-refractivity contribution in [3.8, 4) is 11.1 Å². The molecule has 1 unspecified atom stereocenters. The Labute approximate surface area is 218 Å². The Morgan fingerprint density at radius 1 is 1.05 bits per heavy atom. The molecule has 1 aromatic heterocycles. The van der Waals surface area contributed by atoms with Crippen LogP contribution in [0.3, 0.4) is 0 Å². The first kappa shape index (κ1) is 25.8. The number of benzene rings is 2. The number of anilines is 1. The minimum Gasteiger partial charge on any atom is -0.390 e. The molecule has 0 spiro atoms. The van der Waals surface area contributed by atoms with Crippen LogP contribution < -0.4 is 5.32 Å². The molecule has 4 atom stereocenters. The second kappa shape index (κ2) is 9.45. The zero-order chi connectivity index (χ0) is 26.5. The smallest absolute Gasteiger partial charge is 0.256 e. The van der Waals surface area contributed by atoms with Crippen LogP contribution in [0, 0.1) is 23.5 Å². The second-order valence-electron chi connectivity index (χ2n) is 9.98. The zero-order valence-electron chi connectivity index (χ0n) is 19.9. The molecule has 6 nitrogen and oxygen atoms in total. The highest BCUT2D eigenvalue weighted by Crippen LogP contribution is 2.52. The fraction of sp³-hybridized carbons (Fsp3) is 0.333. The van der Waals surface area contributed by atoms with Crippen molar-refractivity contribution in [1.82, 2.24) is 4.98 Å². The standard InChI is InChI=1S/C27H25ClF2N2O4S/c1-27(34)16-2-3-17(27)11-19(10-16)37(35,36)25-14-21(20(13-22(25)28)15-6-8-31-9-7-15)26(33)32-18-4-5-23(29)24(30)12-18/h4-9,12-14,16-17,19,34H,2-3,10-11H2,1H3,(H,32,33)/t16-,17?,19-,27+/m1/s1. The van der Waals surface area contributed by atoms with Gasteiger partial charge in [0.25, 0.3) is 5.91 Å². The van der Waals surface area contributed by atoms with E-state index >= 15 is 0 Å². The van der Waals surface area contributed by atoms with Gasteiger partial charge in [-0.1, -0.05) is 11.6 Å². The SMILES string of the molecule is C[C@@]1(O)C2CC[C@@H]1C[C@@H](S(=O)(=O)c1cc(C(=O)Nc3ccc(F)c(F)c3)c(-c3ccncc3)cc1Cl)C2. The molecule has 0 aliphatic heterocycles. The highest BCUT2D eigenvalue weighted by molar-refractivity contribution is 7.92. The number of halogens is 3. The predicted octanol–water partition coefficient (Wildman–Crippen LogP) is 5.65. The molecule has 5 rings (SSSR count). The van der Waals surface area contributed by atoms with Gasteiger partial charge in [-0.15, -0.1) is 0 Å². The number of aliphatic hydroxyl groups is 1. The van der Waals surface area contributed by atoms with Crippen LogP contribution in [0.25, 0.3) is 11.1 Å².